The number of nitro benzene ring substituents is 1. The Bertz CT molecular complexity index is 417. The molecule has 1 aliphatic rings. The van der Waals surface area contributed by atoms with Crippen LogP contribution in [0, 0.1) is 10.1 Å². The standard InChI is InChI=1S/C11H14ClN3O2/c12-9-2-3-10(11(8-9)15(16)17)14-6-1-4-13-5-7-14/h2-3,8,13H,1,4-7H2/p+1. The fourth-order valence-corrected chi connectivity index (χ4v) is 2.25. The molecule has 0 atom stereocenters. The van der Waals surface area contributed by atoms with Gasteiger partial charge in [-0.25, -0.2) is 0 Å². The monoisotopic (exact) mass is 256 g/mol. The van der Waals surface area contributed by atoms with Crippen LogP contribution in [0.5, 0.6) is 0 Å². The van der Waals surface area contributed by atoms with Crippen LogP contribution in [0.4, 0.5) is 11.4 Å². The van der Waals surface area contributed by atoms with Crippen molar-refractivity contribution < 1.29 is 10.2 Å². The second-order valence-corrected chi connectivity index (χ2v) is 4.53. The molecule has 6 heteroatoms. The molecule has 1 heterocycles. The molecule has 0 aliphatic carbocycles. The third-order valence-electron chi connectivity index (χ3n) is 2.91. The summed E-state index contributed by atoms with van der Waals surface area (Å²) in [6.07, 6.45) is 1.04. The lowest BCUT2D eigenvalue weighted by Crippen LogP contribution is -2.84. The van der Waals surface area contributed by atoms with Crippen LogP contribution < -0.4 is 10.2 Å². The van der Waals surface area contributed by atoms with Crippen molar-refractivity contribution in [3.63, 3.8) is 0 Å². The first-order valence-electron chi connectivity index (χ1n) is 5.69. The van der Waals surface area contributed by atoms with Crippen LogP contribution in [0.15, 0.2) is 18.2 Å². The van der Waals surface area contributed by atoms with Crippen molar-refractivity contribution in [3.05, 3.63) is 33.3 Å². The van der Waals surface area contributed by atoms with E-state index in [4.69, 9.17) is 11.6 Å². The summed E-state index contributed by atoms with van der Waals surface area (Å²) in [6.45, 7) is 3.75. The van der Waals surface area contributed by atoms with E-state index in [9.17, 15) is 10.1 Å². The van der Waals surface area contributed by atoms with Gasteiger partial charge in [0.05, 0.1) is 24.6 Å². The molecule has 17 heavy (non-hydrogen) atoms. The van der Waals surface area contributed by atoms with Crippen LogP contribution in [0.2, 0.25) is 5.02 Å². The van der Waals surface area contributed by atoms with Crippen LogP contribution in [-0.2, 0) is 0 Å². The summed E-state index contributed by atoms with van der Waals surface area (Å²) in [6, 6.07) is 4.87. The predicted octanol–water partition coefficient (Wildman–Crippen LogP) is 1.02. The third-order valence-corrected chi connectivity index (χ3v) is 3.15. The normalized spacial score (nSPS) is 16.6. The largest absolute Gasteiger partial charge is 0.360 e. The van der Waals surface area contributed by atoms with E-state index in [0.717, 1.165) is 32.6 Å². The van der Waals surface area contributed by atoms with Crippen LogP contribution >= 0.6 is 11.6 Å². The first kappa shape index (κ1) is 12.1. The highest BCUT2D eigenvalue weighted by molar-refractivity contribution is 6.30. The average Bonchev–Trinajstić information content (AvgIpc) is 2.57. The predicted molar refractivity (Wildman–Crippen MR) is 66.6 cm³/mol. The van der Waals surface area contributed by atoms with E-state index in [0.29, 0.717) is 10.7 Å². The Labute approximate surface area is 105 Å². The van der Waals surface area contributed by atoms with Gasteiger partial charge >= 0.3 is 0 Å². The third kappa shape index (κ3) is 2.87. The molecular weight excluding hydrogens is 242 g/mol. The highest BCUT2D eigenvalue weighted by Gasteiger charge is 2.21. The topological polar surface area (TPSA) is 63.0 Å². The van der Waals surface area contributed by atoms with Crippen molar-refractivity contribution >= 4 is 23.0 Å². The average molecular weight is 257 g/mol. The Morgan fingerprint density at radius 2 is 2.18 bits per heavy atom. The molecule has 1 aromatic rings. The van der Waals surface area contributed by atoms with Crippen LogP contribution in [0.25, 0.3) is 0 Å². The Morgan fingerprint density at radius 1 is 1.35 bits per heavy atom. The zero-order valence-corrected chi connectivity index (χ0v) is 10.2. The zero-order valence-electron chi connectivity index (χ0n) is 9.43. The van der Waals surface area contributed by atoms with Crippen molar-refractivity contribution in [2.75, 3.05) is 31.1 Å². The first-order valence-corrected chi connectivity index (χ1v) is 6.07. The number of halogens is 1. The number of nitrogens with zero attached hydrogens (tertiary/aromatic N) is 2. The van der Waals surface area contributed by atoms with Crippen molar-refractivity contribution in [1.82, 2.24) is 0 Å². The summed E-state index contributed by atoms with van der Waals surface area (Å²) in [7, 11) is 0. The molecule has 2 N–H and O–H groups in total. The van der Waals surface area contributed by atoms with Gasteiger partial charge in [-0.1, -0.05) is 11.6 Å². The highest BCUT2D eigenvalue weighted by Crippen LogP contribution is 2.31. The lowest BCUT2D eigenvalue weighted by Gasteiger charge is -2.20. The molecule has 0 amide bonds. The SMILES string of the molecule is O=[N+]([O-])c1cc(Cl)ccc1N1CCC[NH2+]CC1. The van der Waals surface area contributed by atoms with Crippen LogP contribution in [0.1, 0.15) is 6.42 Å². The van der Waals surface area contributed by atoms with Crippen LogP contribution in [-0.4, -0.2) is 31.1 Å². The minimum atomic E-state index is -0.365. The molecule has 5 nitrogen and oxygen atoms in total. The number of benzene rings is 1. The molecule has 2 rings (SSSR count). The Hall–Kier alpha value is -1.33. The minimum absolute atomic E-state index is 0.0967. The van der Waals surface area contributed by atoms with Gasteiger partial charge in [0.25, 0.3) is 5.69 Å². The summed E-state index contributed by atoms with van der Waals surface area (Å²) < 4.78 is 0. The van der Waals surface area contributed by atoms with Gasteiger partial charge in [0.2, 0.25) is 0 Å². The summed E-state index contributed by atoms with van der Waals surface area (Å²) in [4.78, 5) is 12.7. The van der Waals surface area contributed by atoms with Gasteiger partial charge in [0.1, 0.15) is 5.69 Å². The lowest BCUT2D eigenvalue weighted by molar-refractivity contribution is -0.650. The van der Waals surface area contributed by atoms with E-state index in [-0.39, 0.29) is 10.6 Å². The molecule has 0 aromatic heterocycles. The second kappa shape index (κ2) is 5.33. The van der Waals surface area contributed by atoms with Gasteiger partial charge in [-0.05, 0) is 12.1 Å². The van der Waals surface area contributed by atoms with Crippen molar-refractivity contribution in [3.8, 4) is 0 Å². The molecule has 0 bridgehead atoms. The van der Waals surface area contributed by atoms with E-state index in [1.54, 1.807) is 12.1 Å². The first-order chi connectivity index (χ1) is 8.18. The molecule has 1 saturated heterocycles. The Balaban J connectivity index is 2.32. The number of nitro groups is 1. The number of quaternary nitrogens is 1. The molecule has 92 valence electrons. The van der Waals surface area contributed by atoms with E-state index in [1.165, 1.54) is 6.07 Å². The zero-order chi connectivity index (χ0) is 12.3. The molecule has 0 radical (unpaired) electrons. The molecular formula is C11H15ClN3O2+. The maximum atomic E-state index is 11.0. The van der Waals surface area contributed by atoms with Gasteiger partial charge in [-0.3, -0.25) is 10.1 Å². The van der Waals surface area contributed by atoms with Crippen molar-refractivity contribution in [1.29, 1.82) is 0 Å². The fourth-order valence-electron chi connectivity index (χ4n) is 2.08. The smallest absolute Gasteiger partial charge is 0.294 e. The van der Waals surface area contributed by atoms with Crippen molar-refractivity contribution in [2.45, 2.75) is 6.42 Å². The van der Waals surface area contributed by atoms with Gasteiger partial charge in [0.15, 0.2) is 0 Å². The Kier molecular flexibility index (Phi) is 3.81. The molecule has 0 unspecified atom stereocenters. The van der Waals surface area contributed by atoms with E-state index < -0.39 is 0 Å². The quantitative estimate of drug-likeness (QED) is 0.635. The van der Waals surface area contributed by atoms with E-state index in [1.807, 2.05) is 0 Å². The van der Waals surface area contributed by atoms with E-state index >= 15 is 0 Å². The number of hydrogen-bond acceptors (Lipinski definition) is 3. The number of rotatable bonds is 2. The molecule has 1 aromatic carbocycles. The number of nitrogens with two attached hydrogens (primary N) is 1. The number of anilines is 1. The van der Waals surface area contributed by atoms with Gasteiger partial charge in [-0.15, -0.1) is 0 Å². The van der Waals surface area contributed by atoms with Gasteiger partial charge in [-0.2, -0.15) is 0 Å². The molecule has 0 spiro atoms. The minimum Gasteiger partial charge on any atom is -0.360 e. The molecule has 1 fully saturated rings. The molecule has 0 saturated carbocycles. The maximum Gasteiger partial charge on any atom is 0.294 e. The lowest BCUT2D eigenvalue weighted by atomic mass is 10.2. The van der Waals surface area contributed by atoms with Gasteiger partial charge < -0.3 is 10.2 Å². The van der Waals surface area contributed by atoms with Crippen molar-refractivity contribution in [2.24, 2.45) is 0 Å². The molecule has 1 aliphatic heterocycles. The summed E-state index contributed by atoms with van der Waals surface area (Å²) in [5.74, 6) is 0. The second-order valence-electron chi connectivity index (χ2n) is 4.10. The maximum absolute atomic E-state index is 11.0. The number of hydrogen-bond donors (Lipinski definition) is 1. The summed E-state index contributed by atoms with van der Waals surface area (Å²) >= 11 is 5.80. The van der Waals surface area contributed by atoms with E-state index in [2.05, 4.69) is 10.2 Å². The highest BCUT2D eigenvalue weighted by atomic mass is 35.5. The summed E-state index contributed by atoms with van der Waals surface area (Å²) in [5.41, 5.74) is 0.772. The summed E-state index contributed by atoms with van der Waals surface area (Å²) in [5, 5.41) is 13.7. The van der Waals surface area contributed by atoms with Gasteiger partial charge in [0, 0.05) is 24.1 Å². The Morgan fingerprint density at radius 3 is 2.94 bits per heavy atom. The fraction of sp³-hybridized carbons (Fsp3) is 0.455. The van der Waals surface area contributed by atoms with Crippen LogP contribution in [0.3, 0.4) is 0 Å².